The second-order valence-electron chi connectivity index (χ2n) is 3.91. The van der Waals surface area contributed by atoms with E-state index in [1.807, 2.05) is 18.2 Å². The highest BCUT2D eigenvalue weighted by molar-refractivity contribution is 14.1. The van der Waals surface area contributed by atoms with Crippen molar-refractivity contribution in [2.75, 3.05) is 0 Å². The maximum Gasteiger partial charge on any atom is 0.182 e. The molecule has 0 spiro atoms. The third-order valence-electron chi connectivity index (χ3n) is 2.71. The van der Waals surface area contributed by atoms with E-state index in [4.69, 9.17) is 12.2 Å². The monoisotopic (exact) mass is 430 g/mol. The van der Waals surface area contributed by atoms with E-state index in [0.29, 0.717) is 4.77 Å². The molecule has 0 amide bonds. The van der Waals surface area contributed by atoms with Gasteiger partial charge < -0.3 is 4.98 Å². The number of fused-ring (bicyclic) bond motifs is 1. The number of halogens is 2. The SMILES string of the molecule is S=c1[nH]c2cc(Br)ccc2n1-c1cccc(I)c1. The fraction of sp³-hybridized carbons (Fsp3) is 0. The fourth-order valence-electron chi connectivity index (χ4n) is 1.96. The third-order valence-corrected chi connectivity index (χ3v) is 4.16. The molecule has 0 aliphatic heterocycles. The highest BCUT2D eigenvalue weighted by Crippen LogP contribution is 2.23. The van der Waals surface area contributed by atoms with E-state index >= 15 is 0 Å². The van der Waals surface area contributed by atoms with Crippen molar-refractivity contribution in [3.8, 4) is 5.69 Å². The van der Waals surface area contributed by atoms with Crippen LogP contribution in [0.15, 0.2) is 46.9 Å². The van der Waals surface area contributed by atoms with Crippen LogP contribution in [-0.2, 0) is 0 Å². The molecule has 3 rings (SSSR count). The molecule has 0 radical (unpaired) electrons. The van der Waals surface area contributed by atoms with Gasteiger partial charge in [-0.2, -0.15) is 0 Å². The number of imidazole rings is 1. The van der Waals surface area contributed by atoms with Crippen molar-refractivity contribution in [1.29, 1.82) is 0 Å². The van der Waals surface area contributed by atoms with Crippen LogP contribution in [0.3, 0.4) is 0 Å². The van der Waals surface area contributed by atoms with Gasteiger partial charge in [-0.1, -0.05) is 22.0 Å². The highest BCUT2D eigenvalue weighted by Gasteiger charge is 2.06. The van der Waals surface area contributed by atoms with E-state index < -0.39 is 0 Å². The smallest absolute Gasteiger partial charge is 0.182 e. The first-order valence-corrected chi connectivity index (χ1v) is 7.59. The first-order chi connectivity index (χ1) is 8.65. The summed E-state index contributed by atoms with van der Waals surface area (Å²) in [5, 5.41) is 0. The van der Waals surface area contributed by atoms with E-state index in [0.717, 1.165) is 21.2 Å². The Labute approximate surface area is 131 Å². The molecule has 90 valence electrons. The Balaban J connectivity index is 2.35. The van der Waals surface area contributed by atoms with Gasteiger partial charge in [-0.25, -0.2) is 0 Å². The molecule has 0 bridgehead atoms. The summed E-state index contributed by atoms with van der Waals surface area (Å²) in [7, 11) is 0. The summed E-state index contributed by atoms with van der Waals surface area (Å²) in [5.41, 5.74) is 3.21. The molecule has 2 aromatic carbocycles. The summed E-state index contributed by atoms with van der Waals surface area (Å²) in [5.74, 6) is 0. The zero-order chi connectivity index (χ0) is 12.7. The number of nitrogens with zero attached hydrogens (tertiary/aromatic N) is 1. The van der Waals surface area contributed by atoms with Gasteiger partial charge in [0.25, 0.3) is 0 Å². The number of benzene rings is 2. The van der Waals surface area contributed by atoms with Crippen molar-refractivity contribution in [1.82, 2.24) is 9.55 Å². The molecular weight excluding hydrogens is 423 g/mol. The van der Waals surface area contributed by atoms with E-state index in [9.17, 15) is 0 Å². The van der Waals surface area contributed by atoms with Gasteiger partial charge in [0.15, 0.2) is 4.77 Å². The zero-order valence-electron chi connectivity index (χ0n) is 9.15. The molecule has 0 saturated heterocycles. The number of aromatic nitrogens is 2. The minimum Gasteiger partial charge on any atom is -0.330 e. The first-order valence-electron chi connectivity index (χ1n) is 5.31. The third kappa shape index (κ3) is 2.15. The molecule has 0 aliphatic rings. The molecule has 5 heteroatoms. The number of hydrogen-bond donors (Lipinski definition) is 1. The van der Waals surface area contributed by atoms with Gasteiger partial charge >= 0.3 is 0 Å². The molecular formula is C13H8BrIN2S. The molecule has 0 aliphatic carbocycles. The average molecular weight is 431 g/mol. The summed E-state index contributed by atoms with van der Waals surface area (Å²) in [6.45, 7) is 0. The van der Waals surface area contributed by atoms with Crippen molar-refractivity contribution in [3.05, 3.63) is 55.3 Å². The van der Waals surface area contributed by atoms with Crippen molar-refractivity contribution >= 4 is 61.8 Å². The zero-order valence-corrected chi connectivity index (χ0v) is 13.7. The van der Waals surface area contributed by atoms with Crippen molar-refractivity contribution in [2.24, 2.45) is 0 Å². The van der Waals surface area contributed by atoms with E-state index in [1.165, 1.54) is 3.57 Å². The average Bonchev–Trinajstić information content (AvgIpc) is 2.64. The van der Waals surface area contributed by atoms with Crippen LogP contribution < -0.4 is 0 Å². The van der Waals surface area contributed by atoms with E-state index in [1.54, 1.807) is 0 Å². The molecule has 18 heavy (non-hydrogen) atoms. The number of aromatic amines is 1. The summed E-state index contributed by atoms with van der Waals surface area (Å²) in [6, 6.07) is 14.4. The lowest BCUT2D eigenvalue weighted by Crippen LogP contribution is -1.93. The number of rotatable bonds is 1. The lowest BCUT2D eigenvalue weighted by atomic mass is 10.3. The Bertz CT molecular complexity index is 791. The van der Waals surface area contributed by atoms with Gasteiger partial charge in [-0.15, -0.1) is 0 Å². The molecule has 1 N–H and O–H groups in total. The second kappa shape index (κ2) is 4.79. The standard InChI is InChI=1S/C13H8BrIN2S/c14-8-4-5-12-11(6-8)16-13(18)17(12)10-3-1-2-9(15)7-10/h1-7H,(H,16,18). The van der Waals surface area contributed by atoms with E-state index in [2.05, 4.69) is 72.3 Å². The predicted octanol–water partition coefficient (Wildman–Crippen LogP) is 5.06. The van der Waals surface area contributed by atoms with Gasteiger partial charge in [-0.05, 0) is 71.2 Å². The first kappa shape index (κ1) is 12.4. The van der Waals surface area contributed by atoms with Crippen molar-refractivity contribution < 1.29 is 0 Å². The van der Waals surface area contributed by atoms with Crippen molar-refractivity contribution in [2.45, 2.75) is 0 Å². The van der Waals surface area contributed by atoms with Crippen molar-refractivity contribution in [3.63, 3.8) is 0 Å². The minimum absolute atomic E-state index is 0.713. The van der Waals surface area contributed by atoms with Gasteiger partial charge in [0.1, 0.15) is 0 Å². The Morgan fingerprint density at radius 1 is 1.17 bits per heavy atom. The summed E-state index contributed by atoms with van der Waals surface area (Å²) >= 11 is 11.2. The Morgan fingerprint density at radius 2 is 2.00 bits per heavy atom. The highest BCUT2D eigenvalue weighted by atomic mass is 127. The van der Waals surface area contributed by atoms with Crippen LogP contribution in [0.1, 0.15) is 0 Å². The van der Waals surface area contributed by atoms with Gasteiger partial charge in [0.05, 0.1) is 11.0 Å². The molecule has 0 atom stereocenters. The van der Waals surface area contributed by atoms with Crippen LogP contribution in [0, 0.1) is 8.34 Å². The minimum atomic E-state index is 0.713. The summed E-state index contributed by atoms with van der Waals surface area (Å²) in [4.78, 5) is 3.23. The lowest BCUT2D eigenvalue weighted by molar-refractivity contribution is 1.06. The predicted molar refractivity (Wildman–Crippen MR) is 88.9 cm³/mol. The molecule has 1 aromatic heterocycles. The van der Waals surface area contributed by atoms with Gasteiger partial charge in [0.2, 0.25) is 0 Å². The van der Waals surface area contributed by atoms with Crippen LogP contribution in [0.5, 0.6) is 0 Å². The van der Waals surface area contributed by atoms with Gasteiger partial charge in [-0.3, -0.25) is 4.57 Å². The largest absolute Gasteiger partial charge is 0.330 e. The van der Waals surface area contributed by atoms with E-state index in [-0.39, 0.29) is 0 Å². The molecule has 2 nitrogen and oxygen atoms in total. The fourth-order valence-corrected chi connectivity index (χ4v) is 3.16. The normalized spacial score (nSPS) is 11.0. The number of nitrogens with one attached hydrogen (secondary N) is 1. The molecule has 3 aromatic rings. The Morgan fingerprint density at radius 3 is 2.78 bits per heavy atom. The molecule has 0 saturated carbocycles. The van der Waals surface area contributed by atoms with Crippen LogP contribution in [0.25, 0.3) is 16.7 Å². The second-order valence-corrected chi connectivity index (χ2v) is 6.45. The lowest BCUT2D eigenvalue weighted by Gasteiger charge is -2.05. The van der Waals surface area contributed by atoms with Gasteiger partial charge in [0, 0.05) is 13.7 Å². The Kier molecular flexibility index (Phi) is 3.29. The number of hydrogen-bond acceptors (Lipinski definition) is 1. The molecule has 0 unspecified atom stereocenters. The molecule has 0 fully saturated rings. The maximum atomic E-state index is 5.41. The topological polar surface area (TPSA) is 20.7 Å². The quantitative estimate of drug-likeness (QED) is 0.423. The Hall–Kier alpha value is -0.660. The van der Waals surface area contributed by atoms with Crippen LogP contribution >= 0.6 is 50.7 Å². The van der Waals surface area contributed by atoms with Crippen LogP contribution in [-0.4, -0.2) is 9.55 Å². The summed E-state index contributed by atoms with van der Waals surface area (Å²) < 4.78 is 5.00. The maximum absolute atomic E-state index is 5.41. The molecule has 1 heterocycles. The van der Waals surface area contributed by atoms with Crippen LogP contribution in [0.4, 0.5) is 0 Å². The summed E-state index contributed by atoms with van der Waals surface area (Å²) in [6.07, 6.45) is 0. The number of H-pyrrole nitrogens is 1. The van der Waals surface area contributed by atoms with Crippen LogP contribution in [0.2, 0.25) is 0 Å².